The number of aryl methyl sites for hydroxylation is 1. The molecule has 0 spiro atoms. The Bertz CT molecular complexity index is 265. The van der Waals surface area contributed by atoms with Crippen molar-refractivity contribution in [3.63, 3.8) is 0 Å². The third-order valence-corrected chi connectivity index (χ3v) is 3.60. The second-order valence-corrected chi connectivity index (χ2v) is 10.1. The van der Waals surface area contributed by atoms with Gasteiger partial charge in [0.15, 0.2) is 5.75 Å². The van der Waals surface area contributed by atoms with E-state index in [1.165, 1.54) is 6.04 Å². The maximum Gasteiger partial charge on any atom is 0.159 e. The van der Waals surface area contributed by atoms with Crippen molar-refractivity contribution in [2.45, 2.75) is 32.6 Å². The van der Waals surface area contributed by atoms with E-state index in [4.69, 9.17) is 4.74 Å². The number of H-pyrrole nitrogens is 1. The molecule has 74 valence electrons. The van der Waals surface area contributed by atoms with Crippen molar-refractivity contribution in [3.05, 3.63) is 11.9 Å². The molecule has 1 heterocycles. The van der Waals surface area contributed by atoms with Gasteiger partial charge in [0.2, 0.25) is 0 Å². The second-order valence-electron chi connectivity index (χ2n) is 4.52. The van der Waals surface area contributed by atoms with E-state index in [-0.39, 0.29) is 0 Å². The molecule has 0 atom stereocenters. The predicted octanol–water partition coefficient (Wildman–Crippen LogP) is 2.44. The second kappa shape index (κ2) is 3.96. The van der Waals surface area contributed by atoms with E-state index >= 15 is 0 Å². The Balaban J connectivity index is 2.32. The maximum absolute atomic E-state index is 5.59. The van der Waals surface area contributed by atoms with Gasteiger partial charge in [-0.1, -0.05) is 19.6 Å². The Labute approximate surface area is 80.5 Å². The third-order valence-electron chi connectivity index (χ3n) is 1.89. The predicted molar refractivity (Wildman–Crippen MR) is 57.0 cm³/mol. The summed E-state index contributed by atoms with van der Waals surface area (Å²) in [4.78, 5) is 0. The molecular formula is C9H18N2OSi. The van der Waals surface area contributed by atoms with Crippen LogP contribution in [0.25, 0.3) is 0 Å². The molecule has 1 rings (SSSR count). The van der Waals surface area contributed by atoms with E-state index in [1.807, 2.05) is 6.92 Å². The van der Waals surface area contributed by atoms with Gasteiger partial charge in [-0.25, -0.2) is 0 Å². The van der Waals surface area contributed by atoms with Gasteiger partial charge >= 0.3 is 0 Å². The zero-order valence-electron chi connectivity index (χ0n) is 8.85. The molecule has 0 radical (unpaired) electrons. The quantitative estimate of drug-likeness (QED) is 0.755. The molecule has 0 aliphatic carbocycles. The number of aromatic amines is 1. The van der Waals surface area contributed by atoms with Gasteiger partial charge in [0.05, 0.1) is 18.5 Å². The van der Waals surface area contributed by atoms with Gasteiger partial charge in [-0.2, -0.15) is 5.10 Å². The summed E-state index contributed by atoms with van der Waals surface area (Å²) in [6.07, 6.45) is 1.74. The largest absolute Gasteiger partial charge is 0.490 e. The molecule has 0 amide bonds. The SMILES string of the molecule is Cc1[nH]ncc1OCC[Si](C)(C)C. The summed E-state index contributed by atoms with van der Waals surface area (Å²) in [5.74, 6) is 0.887. The molecule has 0 saturated heterocycles. The minimum Gasteiger partial charge on any atom is -0.490 e. The highest BCUT2D eigenvalue weighted by molar-refractivity contribution is 6.76. The molecular weight excluding hydrogens is 180 g/mol. The van der Waals surface area contributed by atoms with Crippen LogP contribution in [0.1, 0.15) is 5.69 Å². The molecule has 0 aromatic carbocycles. The fraction of sp³-hybridized carbons (Fsp3) is 0.667. The number of hydrogen-bond acceptors (Lipinski definition) is 2. The smallest absolute Gasteiger partial charge is 0.159 e. The highest BCUT2D eigenvalue weighted by atomic mass is 28.3. The van der Waals surface area contributed by atoms with Gasteiger partial charge in [-0.3, -0.25) is 5.10 Å². The lowest BCUT2D eigenvalue weighted by molar-refractivity contribution is 0.336. The molecule has 1 aromatic heterocycles. The molecule has 4 heteroatoms. The molecule has 0 aliphatic rings. The maximum atomic E-state index is 5.59. The zero-order chi connectivity index (χ0) is 9.90. The van der Waals surface area contributed by atoms with Crippen LogP contribution in [-0.2, 0) is 0 Å². The molecule has 0 fully saturated rings. The molecule has 3 nitrogen and oxygen atoms in total. The van der Waals surface area contributed by atoms with Crippen LogP contribution < -0.4 is 4.74 Å². The van der Waals surface area contributed by atoms with Crippen molar-refractivity contribution in [3.8, 4) is 5.75 Å². The van der Waals surface area contributed by atoms with Gasteiger partial charge in [0.1, 0.15) is 0 Å². The third kappa shape index (κ3) is 3.63. The van der Waals surface area contributed by atoms with E-state index < -0.39 is 8.07 Å². The van der Waals surface area contributed by atoms with Crippen LogP contribution in [-0.4, -0.2) is 24.9 Å². The Morgan fingerprint density at radius 1 is 1.46 bits per heavy atom. The lowest BCUT2D eigenvalue weighted by Gasteiger charge is -2.15. The van der Waals surface area contributed by atoms with Gasteiger partial charge in [0.25, 0.3) is 0 Å². The monoisotopic (exact) mass is 198 g/mol. The van der Waals surface area contributed by atoms with Crippen LogP contribution in [0.15, 0.2) is 6.20 Å². The highest BCUT2D eigenvalue weighted by Crippen LogP contribution is 2.15. The summed E-state index contributed by atoms with van der Waals surface area (Å²) in [7, 11) is -0.964. The topological polar surface area (TPSA) is 37.9 Å². The van der Waals surface area contributed by atoms with Crippen molar-refractivity contribution >= 4 is 8.07 Å². The van der Waals surface area contributed by atoms with Crippen molar-refractivity contribution in [1.82, 2.24) is 10.2 Å². The Morgan fingerprint density at radius 2 is 2.15 bits per heavy atom. The van der Waals surface area contributed by atoms with Gasteiger partial charge in [-0.05, 0) is 13.0 Å². The average Bonchev–Trinajstić information content (AvgIpc) is 2.34. The number of nitrogens with zero attached hydrogens (tertiary/aromatic N) is 1. The summed E-state index contributed by atoms with van der Waals surface area (Å²) >= 11 is 0. The standard InChI is InChI=1S/C9H18N2OSi/c1-8-9(7-10-11-8)12-5-6-13(2,3)4/h7H,5-6H2,1-4H3,(H,10,11). The van der Waals surface area contributed by atoms with E-state index in [0.29, 0.717) is 0 Å². The van der Waals surface area contributed by atoms with Crippen LogP contribution in [0.5, 0.6) is 5.75 Å². The summed E-state index contributed by atoms with van der Waals surface area (Å²) in [6.45, 7) is 9.82. The van der Waals surface area contributed by atoms with E-state index in [2.05, 4.69) is 29.8 Å². The first-order chi connectivity index (χ1) is 5.99. The van der Waals surface area contributed by atoms with Gasteiger partial charge < -0.3 is 4.74 Å². The number of rotatable bonds is 4. The molecule has 0 saturated carbocycles. The number of hydrogen-bond donors (Lipinski definition) is 1. The lowest BCUT2D eigenvalue weighted by atomic mass is 10.4. The van der Waals surface area contributed by atoms with Crippen molar-refractivity contribution in [2.75, 3.05) is 6.61 Å². The molecule has 1 aromatic rings. The molecule has 0 aliphatic heterocycles. The highest BCUT2D eigenvalue weighted by Gasteiger charge is 2.13. The molecule has 1 N–H and O–H groups in total. The summed E-state index contributed by atoms with van der Waals surface area (Å²) < 4.78 is 5.59. The Hall–Kier alpha value is -0.773. The van der Waals surface area contributed by atoms with Gasteiger partial charge in [-0.15, -0.1) is 0 Å². The first-order valence-corrected chi connectivity index (χ1v) is 8.32. The van der Waals surface area contributed by atoms with E-state index in [1.54, 1.807) is 6.20 Å². The fourth-order valence-electron chi connectivity index (χ4n) is 0.952. The first-order valence-electron chi connectivity index (χ1n) is 4.62. The summed E-state index contributed by atoms with van der Waals surface area (Å²) in [5, 5.41) is 6.75. The summed E-state index contributed by atoms with van der Waals surface area (Å²) in [6, 6.07) is 1.19. The van der Waals surface area contributed by atoms with Crippen molar-refractivity contribution in [2.24, 2.45) is 0 Å². The Morgan fingerprint density at radius 3 is 2.62 bits per heavy atom. The van der Waals surface area contributed by atoms with Gasteiger partial charge in [0, 0.05) is 8.07 Å². The van der Waals surface area contributed by atoms with Crippen LogP contribution >= 0.6 is 0 Å². The number of ether oxygens (including phenoxy) is 1. The van der Waals surface area contributed by atoms with E-state index in [0.717, 1.165) is 18.1 Å². The fourth-order valence-corrected chi connectivity index (χ4v) is 1.67. The minimum absolute atomic E-state index is 0.816. The van der Waals surface area contributed by atoms with Crippen molar-refractivity contribution in [1.29, 1.82) is 0 Å². The molecule has 0 unspecified atom stereocenters. The van der Waals surface area contributed by atoms with E-state index in [9.17, 15) is 0 Å². The van der Waals surface area contributed by atoms with Crippen LogP contribution in [0.3, 0.4) is 0 Å². The van der Waals surface area contributed by atoms with Crippen LogP contribution in [0.4, 0.5) is 0 Å². The zero-order valence-corrected chi connectivity index (χ0v) is 9.85. The minimum atomic E-state index is -0.964. The Kier molecular flexibility index (Phi) is 3.14. The first kappa shape index (κ1) is 10.3. The van der Waals surface area contributed by atoms with Crippen LogP contribution in [0, 0.1) is 6.92 Å². The lowest BCUT2D eigenvalue weighted by Crippen LogP contribution is -2.22. The number of aromatic nitrogens is 2. The van der Waals surface area contributed by atoms with Crippen LogP contribution in [0.2, 0.25) is 25.7 Å². The van der Waals surface area contributed by atoms with Crippen molar-refractivity contribution < 1.29 is 4.74 Å². The normalized spacial score (nSPS) is 11.7. The molecule has 0 bridgehead atoms. The average molecular weight is 198 g/mol. The number of nitrogens with one attached hydrogen (secondary N) is 1. The summed E-state index contributed by atoms with van der Waals surface area (Å²) in [5.41, 5.74) is 1.01. The molecule has 13 heavy (non-hydrogen) atoms.